The molecule has 5 heteroatoms. The minimum atomic E-state index is -0.488. The Balaban J connectivity index is 2.20. The van der Waals surface area contributed by atoms with Crippen LogP contribution < -0.4 is 4.74 Å². The van der Waals surface area contributed by atoms with E-state index in [4.69, 9.17) is 4.74 Å². The summed E-state index contributed by atoms with van der Waals surface area (Å²) in [5.41, 5.74) is 0.511. The molecule has 0 spiro atoms. The molecule has 98 valence electrons. The van der Waals surface area contributed by atoms with Crippen LogP contribution in [0.3, 0.4) is 0 Å². The molecule has 0 aliphatic carbocycles. The van der Waals surface area contributed by atoms with Gasteiger partial charge >= 0.3 is 5.69 Å². The van der Waals surface area contributed by atoms with Crippen LogP contribution in [0.25, 0.3) is 10.9 Å². The van der Waals surface area contributed by atoms with Gasteiger partial charge in [-0.3, -0.25) is 10.1 Å². The summed E-state index contributed by atoms with van der Waals surface area (Å²) in [7, 11) is 0. The second-order valence-corrected chi connectivity index (χ2v) is 4.16. The van der Waals surface area contributed by atoms with Gasteiger partial charge in [0.2, 0.25) is 5.75 Å². The van der Waals surface area contributed by atoms with Gasteiger partial charge in [-0.05, 0) is 24.3 Å². The topological polar surface area (TPSA) is 65.3 Å². The molecule has 0 atom stereocenters. The summed E-state index contributed by atoms with van der Waals surface area (Å²) in [6, 6.07) is 16.1. The lowest BCUT2D eigenvalue weighted by Crippen LogP contribution is -1.96. The predicted octanol–water partition coefficient (Wildman–Crippen LogP) is 3.94. The molecule has 0 aliphatic heterocycles. The van der Waals surface area contributed by atoms with Crippen molar-refractivity contribution in [2.24, 2.45) is 0 Å². The molecule has 0 unspecified atom stereocenters. The molecule has 1 heterocycles. The number of hydrogen-bond donors (Lipinski definition) is 0. The average molecular weight is 266 g/mol. The van der Waals surface area contributed by atoms with E-state index in [-0.39, 0.29) is 11.4 Å². The van der Waals surface area contributed by atoms with Crippen molar-refractivity contribution in [1.82, 2.24) is 4.98 Å². The van der Waals surface area contributed by atoms with E-state index in [1.165, 1.54) is 6.20 Å². The van der Waals surface area contributed by atoms with Crippen molar-refractivity contribution in [3.63, 3.8) is 0 Å². The Morgan fingerprint density at radius 3 is 2.45 bits per heavy atom. The molecule has 3 aromatic rings. The van der Waals surface area contributed by atoms with Gasteiger partial charge in [0, 0.05) is 0 Å². The first-order chi connectivity index (χ1) is 9.75. The van der Waals surface area contributed by atoms with E-state index in [1.807, 2.05) is 24.3 Å². The Labute approximate surface area is 114 Å². The zero-order chi connectivity index (χ0) is 13.9. The van der Waals surface area contributed by atoms with Crippen LogP contribution in [-0.2, 0) is 0 Å². The molecular formula is C15H10N2O3. The number of fused-ring (bicyclic) bond motifs is 1. The predicted molar refractivity (Wildman–Crippen MR) is 74.9 cm³/mol. The van der Waals surface area contributed by atoms with Crippen molar-refractivity contribution in [2.45, 2.75) is 0 Å². The maximum absolute atomic E-state index is 11.1. The lowest BCUT2D eigenvalue weighted by atomic mass is 10.2. The summed E-state index contributed by atoms with van der Waals surface area (Å²) in [6.07, 6.45) is 1.22. The number of benzene rings is 2. The summed E-state index contributed by atoms with van der Waals surface area (Å²) < 4.78 is 5.70. The number of nitrogens with zero attached hydrogens (tertiary/aromatic N) is 2. The third kappa shape index (κ3) is 2.16. The molecule has 20 heavy (non-hydrogen) atoms. The zero-order valence-electron chi connectivity index (χ0n) is 10.4. The highest BCUT2D eigenvalue weighted by atomic mass is 16.6. The maximum Gasteiger partial charge on any atom is 0.330 e. The van der Waals surface area contributed by atoms with E-state index in [1.54, 1.807) is 30.3 Å². The summed E-state index contributed by atoms with van der Waals surface area (Å²) in [4.78, 5) is 14.7. The highest BCUT2D eigenvalue weighted by Gasteiger charge is 2.20. The third-order valence-electron chi connectivity index (χ3n) is 2.87. The quantitative estimate of drug-likeness (QED) is 0.532. The Bertz CT molecular complexity index is 772. The van der Waals surface area contributed by atoms with Gasteiger partial charge in [0.25, 0.3) is 0 Å². The van der Waals surface area contributed by atoms with E-state index >= 15 is 0 Å². The van der Waals surface area contributed by atoms with Gasteiger partial charge in [0.1, 0.15) is 11.9 Å². The second kappa shape index (κ2) is 4.97. The van der Waals surface area contributed by atoms with E-state index < -0.39 is 4.92 Å². The fourth-order valence-electron chi connectivity index (χ4n) is 1.95. The van der Waals surface area contributed by atoms with Gasteiger partial charge in [-0.1, -0.05) is 30.3 Å². The summed E-state index contributed by atoms with van der Waals surface area (Å²) in [5, 5.41) is 11.8. The number of nitro groups is 1. The summed E-state index contributed by atoms with van der Waals surface area (Å²) in [6.45, 7) is 0. The fraction of sp³-hybridized carbons (Fsp3) is 0. The van der Waals surface area contributed by atoms with Crippen molar-refractivity contribution < 1.29 is 9.66 Å². The number of hydrogen-bond acceptors (Lipinski definition) is 4. The molecule has 0 N–H and O–H groups in total. The van der Waals surface area contributed by atoms with E-state index in [0.717, 1.165) is 0 Å². The maximum atomic E-state index is 11.1. The normalized spacial score (nSPS) is 10.4. The van der Waals surface area contributed by atoms with Crippen LogP contribution >= 0.6 is 0 Å². The molecule has 1 aromatic heterocycles. The average Bonchev–Trinajstić information content (AvgIpc) is 2.48. The van der Waals surface area contributed by atoms with E-state index in [9.17, 15) is 10.1 Å². The Morgan fingerprint density at radius 2 is 1.70 bits per heavy atom. The van der Waals surface area contributed by atoms with Crippen molar-refractivity contribution in [3.05, 3.63) is 70.9 Å². The number of rotatable bonds is 3. The van der Waals surface area contributed by atoms with Crippen molar-refractivity contribution in [1.29, 1.82) is 0 Å². The van der Waals surface area contributed by atoms with Crippen LogP contribution in [0.15, 0.2) is 60.8 Å². The smallest absolute Gasteiger partial charge is 0.330 e. The zero-order valence-corrected chi connectivity index (χ0v) is 10.4. The van der Waals surface area contributed by atoms with Gasteiger partial charge < -0.3 is 4.74 Å². The first-order valence-electron chi connectivity index (χ1n) is 6.01. The van der Waals surface area contributed by atoms with Crippen LogP contribution in [-0.4, -0.2) is 9.91 Å². The molecule has 5 nitrogen and oxygen atoms in total. The molecule has 0 amide bonds. The van der Waals surface area contributed by atoms with Crippen molar-refractivity contribution >= 4 is 16.6 Å². The molecule has 0 fully saturated rings. The minimum Gasteiger partial charge on any atom is -0.449 e. The Kier molecular flexibility index (Phi) is 3.01. The monoisotopic (exact) mass is 266 g/mol. The number of para-hydroxylation sites is 2. The van der Waals surface area contributed by atoms with E-state index in [0.29, 0.717) is 16.7 Å². The SMILES string of the molecule is O=[N+]([O-])c1cnc2ccccc2c1Oc1ccccc1. The summed E-state index contributed by atoms with van der Waals surface area (Å²) in [5.74, 6) is 0.763. The number of aromatic nitrogens is 1. The second-order valence-electron chi connectivity index (χ2n) is 4.16. The van der Waals surface area contributed by atoms with Crippen LogP contribution in [0.2, 0.25) is 0 Å². The standard InChI is InChI=1S/C15H10N2O3/c18-17(19)14-10-16-13-9-5-4-8-12(13)15(14)20-11-6-2-1-3-7-11/h1-10H. The van der Waals surface area contributed by atoms with Gasteiger partial charge in [-0.2, -0.15) is 0 Å². The number of ether oxygens (including phenoxy) is 1. The first kappa shape index (κ1) is 12.1. The molecule has 2 aromatic carbocycles. The third-order valence-corrected chi connectivity index (χ3v) is 2.87. The molecule has 0 saturated carbocycles. The molecule has 0 aliphatic rings. The molecule has 0 radical (unpaired) electrons. The Hall–Kier alpha value is -2.95. The highest BCUT2D eigenvalue weighted by Crippen LogP contribution is 2.36. The van der Waals surface area contributed by atoms with E-state index in [2.05, 4.69) is 4.98 Å². The van der Waals surface area contributed by atoms with Gasteiger partial charge in [0.15, 0.2) is 0 Å². The minimum absolute atomic E-state index is 0.146. The largest absolute Gasteiger partial charge is 0.449 e. The fourth-order valence-corrected chi connectivity index (χ4v) is 1.95. The molecule has 0 saturated heterocycles. The first-order valence-corrected chi connectivity index (χ1v) is 6.01. The van der Waals surface area contributed by atoms with Crippen LogP contribution in [0, 0.1) is 10.1 Å². The lowest BCUT2D eigenvalue weighted by molar-refractivity contribution is -0.385. The van der Waals surface area contributed by atoms with Crippen LogP contribution in [0.1, 0.15) is 0 Å². The number of pyridine rings is 1. The molecular weight excluding hydrogens is 256 g/mol. The van der Waals surface area contributed by atoms with Crippen molar-refractivity contribution in [2.75, 3.05) is 0 Å². The van der Waals surface area contributed by atoms with Crippen LogP contribution in [0.4, 0.5) is 5.69 Å². The molecule has 3 rings (SSSR count). The summed E-state index contributed by atoms with van der Waals surface area (Å²) >= 11 is 0. The van der Waals surface area contributed by atoms with Crippen molar-refractivity contribution in [3.8, 4) is 11.5 Å². The highest BCUT2D eigenvalue weighted by molar-refractivity contribution is 5.88. The Morgan fingerprint density at radius 1 is 1.00 bits per heavy atom. The molecule has 0 bridgehead atoms. The van der Waals surface area contributed by atoms with Crippen LogP contribution in [0.5, 0.6) is 11.5 Å². The van der Waals surface area contributed by atoms with Gasteiger partial charge in [-0.15, -0.1) is 0 Å². The van der Waals surface area contributed by atoms with Gasteiger partial charge in [0.05, 0.1) is 15.8 Å². The lowest BCUT2D eigenvalue weighted by Gasteiger charge is -2.08. The van der Waals surface area contributed by atoms with Gasteiger partial charge in [-0.25, -0.2) is 4.98 Å².